The lowest BCUT2D eigenvalue weighted by Crippen LogP contribution is -2.13. The van der Waals surface area contributed by atoms with Gasteiger partial charge in [0, 0.05) is 9.72 Å². The van der Waals surface area contributed by atoms with Crippen molar-refractivity contribution in [3.8, 4) is 0 Å². The van der Waals surface area contributed by atoms with E-state index in [-0.39, 0.29) is 0 Å². The van der Waals surface area contributed by atoms with Crippen LogP contribution in [0.4, 0.5) is 0 Å². The Morgan fingerprint density at radius 1 is 0.792 bits per heavy atom. The summed E-state index contributed by atoms with van der Waals surface area (Å²) in [6.07, 6.45) is 0. The summed E-state index contributed by atoms with van der Waals surface area (Å²) in [6, 6.07) is 29.7. The lowest BCUT2D eigenvalue weighted by molar-refractivity contribution is 1.11. The van der Waals surface area contributed by atoms with Crippen LogP contribution in [0.15, 0.2) is 89.4 Å². The maximum absolute atomic E-state index is 6.30. The second-order valence-electron chi connectivity index (χ2n) is 5.52. The van der Waals surface area contributed by atoms with Crippen molar-refractivity contribution >= 4 is 55.0 Å². The van der Waals surface area contributed by atoms with Crippen molar-refractivity contribution in [3.05, 3.63) is 95.0 Å². The van der Waals surface area contributed by atoms with E-state index in [9.17, 15) is 0 Å². The molecule has 0 aliphatic heterocycles. The summed E-state index contributed by atoms with van der Waals surface area (Å²) in [6.45, 7) is 2.25. The minimum atomic E-state index is -1.92. The maximum atomic E-state index is 6.30. The van der Waals surface area contributed by atoms with Crippen LogP contribution >= 0.6 is 32.6 Å². The molecule has 3 aromatic carbocycles. The molecule has 0 heterocycles. The number of hydrogen-bond donors (Lipinski definition) is 0. The Labute approximate surface area is 161 Å². The van der Waals surface area contributed by atoms with Crippen LogP contribution in [0, 0.1) is 0 Å². The molecule has 1 atom stereocenters. The van der Waals surface area contributed by atoms with E-state index in [1.807, 2.05) is 11.4 Å². The van der Waals surface area contributed by atoms with Crippen LogP contribution in [0.2, 0.25) is 0 Å². The molecule has 0 N–H and O–H groups in total. The zero-order chi connectivity index (χ0) is 17.0. The Bertz CT molecular complexity index is 789. The molecule has 0 saturated carbocycles. The third kappa shape index (κ3) is 4.03. The SMILES string of the molecule is CC(SP(=S)(c1ccccc1)c1ccccc1)c1ccc(Br)cc1. The summed E-state index contributed by atoms with van der Waals surface area (Å²) in [4.78, 5) is 0. The second kappa shape index (κ2) is 8.01. The highest BCUT2D eigenvalue weighted by Gasteiger charge is 2.26. The monoisotopic (exact) mass is 432 g/mol. The van der Waals surface area contributed by atoms with Gasteiger partial charge < -0.3 is 0 Å². The number of hydrogen-bond acceptors (Lipinski definition) is 2. The van der Waals surface area contributed by atoms with Gasteiger partial charge in [-0.2, -0.15) is 0 Å². The summed E-state index contributed by atoms with van der Waals surface area (Å²) < 4.78 is 1.11. The summed E-state index contributed by atoms with van der Waals surface area (Å²) in [5.74, 6) is 0. The molecule has 3 aromatic rings. The van der Waals surface area contributed by atoms with Crippen molar-refractivity contribution in [3.63, 3.8) is 0 Å². The summed E-state index contributed by atoms with van der Waals surface area (Å²) in [5, 5.41) is 0.946. The van der Waals surface area contributed by atoms with E-state index in [0.29, 0.717) is 5.25 Å². The largest absolute Gasteiger partial charge is 0.107 e. The van der Waals surface area contributed by atoms with Gasteiger partial charge in [-0.15, -0.1) is 11.4 Å². The van der Waals surface area contributed by atoms with Crippen LogP contribution in [-0.2, 0) is 11.8 Å². The van der Waals surface area contributed by atoms with E-state index in [1.54, 1.807) is 0 Å². The van der Waals surface area contributed by atoms with Crippen LogP contribution in [0.5, 0.6) is 0 Å². The van der Waals surface area contributed by atoms with Gasteiger partial charge in [0.15, 0.2) is 0 Å². The second-order valence-corrected chi connectivity index (χ2v) is 14.1. The van der Waals surface area contributed by atoms with Gasteiger partial charge in [0.25, 0.3) is 0 Å². The number of rotatable bonds is 5. The van der Waals surface area contributed by atoms with Gasteiger partial charge >= 0.3 is 0 Å². The first-order valence-electron chi connectivity index (χ1n) is 7.75. The fourth-order valence-corrected chi connectivity index (χ4v) is 10.2. The molecule has 0 spiro atoms. The van der Waals surface area contributed by atoms with Gasteiger partial charge in [-0.25, -0.2) is 0 Å². The fourth-order valence-electron chi connectivity index (χ4n) is 2.54. The van der Waals surface area contributed by atoms with E-state index < -0.39 is 5.24 Å². The molecule has 24 heavy (non-hydrogen) atoms. The van der Waals surface area contributed by atoms with Gasteiger partial charge in [-0.1, -0.05) is 101 Å². The molecule has 0 aliphatic rings. The van der Waals surface area contributed by atoms with Crippen molar-refractivity contribution in [1.82, 2.24) is 0 Å². The van der Waals surface area contributed by atoms with Crippen LogP contribution in [0.3, 0.4) is 0 Å². The molecule has 122 valence electrons. The minimum Gasteiger partial charge on any atom is -0.107 e. The zero-order valence-corrected chi connectivity index (χ0v) is 17.4. The fraction of sp³-hybridized carbons (Fsp3) is 0.100. The molecule has 3 rings (SSSR count). The molecule has 1 unspecified atom stereocenters. The number of halogens is 1. The average Bonchev–Trinajstić information content (AvgIpc) is 2.63. The number of benzene rings is 3. The Hall–Kier alpha value is -0.860. The molecule has 0 radical (unpaired) electrons. The van der Waals surface area contributed by atoms with Crippen LogP contribution < -0.4 is 10.6 Å². The average molecular weight is 433 g/mol. The molecule has 0 saturated heterocycles. The van der Waals surface area contributed by atoms with E-state index >= 15 is 0 Å². The van der Waals surface area contributed by atoms with Gasteiger partial charge in [-0.05, 0) is 35.2 Å². The summed E-state index contributed by atoms with van der Waals surface area (Å²) >= 11 is 11.7. The van der Waals surface area contributed by atoms with E-state index in [2.05, 4.69) is 108 Å². The van der Waals surface area contributed by atoms with Crippen LogP contribution in [0.1, 0.15) is 17.7 Å². The first-order valence-corrected chi connectivity index (χ1v) is 12.8. The smallest absolute Gasteiger partial charge is 0.0619 e. The predicted molar refractivity (Wildman–Crippen MR) is 117 cm³/mol. The van der Waals surface area contributed by atoms with Gasteiger partial charge in [-0.3, -0.25) is 0 Å². The highest BCUT2D eigenvalue weighted by molar-refractivity contribution is 9.10. The van der Waals surface area contributed by atoms with Crippen molar-refractivity contribution in [2.24, 2.45) is 0 Å². The Kier molecular flexibility index (Phi) is 5.99. The quantitative estimate of drug-likeness (QED) is 0.434. The Balaban J connectivity index is 2.00. The summed E-state index contributed by atoms with van der Waals surface area (Å²) in [7, 11) is 0. The third-order valence-electron chi connectivity index (χ3n) is 3.84. The van der Waals surface area contributed by atoms with E-state index in [4.69, 9.17) is 11.8 Å². The first kappa shape index (κ1) is 17.9. The van der Waals surface area contributed by atoms with Crippen LogP contribution in [-0.4, -0.2) is 0 Å². The molecular formula is C20H18BrPS2. The molecule has 4 heteroatoms. The molecule has 0 nitrogen and oxygen atoms in total. The van der Waals surface area contributed by atoms with E-state index in [1.165, 1.54) is 16.2 Å². The molecule has 0 bridgehead atoms. The van der Waals surface area contributed by atoms with Gasteiger partial charge in [0.1, 0.15) is 0 Å². The first-order chi connectivity index (χ1) is 11.6. The van der Waals surface area contributed by atoms with Crippen LogP contribution in [0.25, 0.3) is 0 Å². The Morgan fingerprint density at radius 3 is 1.71 bits per heavy atom. The highest BCUT2D eigenvalue weighted by atomic mass is 79.9. The van der Waals surface area contributed by atoms with Gasteiger partial charge in [0.2, 0.25) is 0 Å². The third-order valence-corrected chi connectivity index (χ3v) is 12.4. The molecule has 0 aliphatic carbocycles. The highest BCUT2D eigenvalue weighted by Crippen LogP contribution is 2.62. The summed E-state index contributed by atoms with van der Waals surface area (Å²) in [5.41, 5.74) is 1.31. The molecule has 0 fully saturated rings. The maximum Gasteiger partial charge on any atom is 0.0619 e. The van der Waals surface area contributed by atoms with Crippen molar-refractivity contribution in [1.29, 1.82) is 0 Å². The molecule has 0 aromatic heterocycles. The van der Waals surface area contributed by atoms with Crippen molar-refractivity contribution in [2.75, 3.05) is 0 Å². The topological polar surface area (TPSA) is 0 Å². The lowest BCUT2D eigenvalue weighted by atomic mass is 10.2. The minimum absolute atomic E-state index is 0.337. The predicted octanol–water partition coefficient (Wildman–Crippen LogP) is 6.29. The zero-order valence-electron chi connectivity index (χ0n) is 13.3. The normalized spacial score (nSPS) is 12.8. The van der Waals surface area contributed by atoms with Crippen molar-refractivity contribution in [2.45, 2.75) is 12.2 Å². The van der Waals surface area contributed by atoms with E-state index in [0.717, 1.165) is 4.47 Å². The van der Waals surface area contributed by atoms with Crippen molar-refractivity contribution < 1.29 is 0 Å². The van der Waals surface area contributed by atoms with Gasteiger partial charge in [0.05, 0.1) is 5.24 Å². The lowest BCUT2D eigenvalue weighted by Gasteiger charge is -2.26. The molecule has 0 amide bonds. The molecular weight excluding hydrogens is 415 g/mol. The Morgan fingerprint density at radius 2 is 1.25 bits per heavy atom. The standard InChI is InChI=1S/C20H18BrPS2/c1-16(17-12-14-18(21)15-13-17)24-22(23,19-8-4-2-5-9-19)20-10-6-3-7-11-20/h2-16H,1H3.